The highest BCUT2D eigenvalue weighted by molar-refractivity contribution is 5.79. The zero-order chi connectivity index (χ0) is 18.4. The standard InChI is InChI=1S/C20H32N4O2/c1-15(26-19-7-5-4-6-18(19)25-3)12-22-20(21-2)23-13-16-10-11-24(14-16)17-8-9-17/h4-7,15-17H,8-14H2,1-3H3,(H2,21,22,23). The smallest absolute Gasteiger partial charge is 0.191 e. The van der Waals surface area contributed by atoms with Gasteiger partial charge in [0.05, 0.1) is 13.7 Å². The number of benzene rings is 1. The zero-order valence-corrected chi connectivity index (χ0v) is 16.2. The molecule has 6 nitrogen and oxygen atoms in total. The maximum absolute atomic E-state index is 5.98. The van der Waals surface area contributed by atoms with Crippen LogP contribution in [0.2, 0.25) is 0 Å². The molecule has 1 aromatic rings. The van der Waals surface area contributed by atoms with Crippen molar-refractivity contribution in [2.24, 2.45) is 10.9 Å². The van der Waals surface area contributed by atoms with Crippen LogP contribution in [0.5, 0.6) is 11.5 Å². The number of nitrogens with one attached hydrogen (secondary N) is 2. The van der Waals surface area contributed by atoms with E-state index in [1.165, 1.54) is 32.4 Å². The second-order valence-electron chi connectivity index (χ2n) is 7.29. The molecule has 0 radical (unpaired) electrons. The van der Waals surface area contributed by atoms with Crippen molar-refractivity contribution in [3.8, 4) is 11.5 Å². The summed E-state index contributed by atoms with van der Waals surface area (Å²) in [5, 5.41) is 6.82. The first-order valence-electron chi connectivity index (χ1n) is 9.67. The Morgan fingerprint density at radius 1 is 1.23 bits per heavy atom. The summed E-state index contributed by atoms with van der Waals surface area (Å²) in [4.78, 5) is 6.97. The second-order valence-corrected chi connectivity index (χ2v) is 7.29. The Bertz CT molecular complexity index is 603. The average Bonchev–Trinajstić information content (AvgIpc) is 3.41. The van der Waals surface area contributed by atoms with Crippen molar-refractivity contribution in [3.05, 3.63) is 24.3 Å². The van der Waals surface area contributed by atoms with Gasteiger partial charge in [-0.1, -0.05) is 12.1 Å². The number of nitrogens with zero attached hydrogens (tertiary/aromatic N) is 2. The summed E-state index contributed by atoms with van der Waals surface area (Å²) in [6, 6.07) is 8.60. The molecule has 2 unspecified atom stereocenters. The van der Waals surface area contributed by atoms with E-state index >= 15 is 0 Å². The largest absolute Gasteiger partial charge is 0.493 e. The van der Waals surface area contributed by atoms with Gasteiger partial charge in [-0.3, -0.25) is 4.99 Å². The second kappa shape index (κ2) is 9.12. The van der Waals surface area contributed by atoms with Crippen molar-refractivity contribution in [2.75, 3.05) is 40.3 Å². The number of guanidine groups is 1. The molecule has 3 rings (SSSR count). The Morgan fingerprint density at radius 2 is 2.00 bits per heavy atom. The number of methoxy groups -OCH3 is 1. The number of para-hydroxylation sites is 2. The van der Waals surface area contributed by atoms with Crippen molar-refractivity contribution in [3.63, 3.8) is 0 Å². The topological polar surface area (TPSA) is 58.1 Å². The van der Waals surface area contributed by atoms with Crippen molar-refractivity contribution in [1.82, 2.24) is 15.5 Å². The van der Waals surface area contributed by atoms with Crippen LogP contribution < -0.4 is 20.1 Å². The van der Waals surface area contributed by atoms with Gasteiger partial charge in [-0.25, -0.2) is 0 Å². The van der Waals surface area contributed by atoms with Crippen LogP contribution >= 0.6 is 0 Å². The van der Waals surface area contributed by atoms with Crippen LogP contribution in [0.15, 0.2) is 29.3 Å². The van der Waals surface area contributed by atoms with Gasteiger partial charge in [0.25, 0.3) is 0 Å². The quantitative estimate of drug-likeness (QED) is 0.549. The molecular formula is C20H32N4O2. The van der Waals surface area contributed by atoms with Gasteiger partial charge in [-0.15, -0.1) is 0 Å². The summed E-state index contributed by atoms with van der Waals surface area (Å²) in [5.74, 6) is 3.07. The van der Waals surface area contributed by atoms with Crippen molar-refractivity contribution < 1.29 is 9.47 Å². The van der Waals surface area contributed by atoms with Gasteiger partial charge in [-0.2, -0.15) is 0 Å². The molecule has 6 heteroatoms. The molecular weight excluding hydrogens is 328 g/mol. The lowest BCUT2D eigenvalue weighted by Gasteiger charge is -2.20. The molecule has 1 aromatic carbocycles. The highest BCUT2D eigenvalue weighted by Crippen LogP contribution is 2.31. The fourth-order valence-corrected chi connectivity index (χ4v) is 3.48. The highest BCUT2D eigenvalue weighted by atomic mass is 16.5. The highest BCUT2D eigenvalue weighted by Gasteiger charge is 2.34. The molecule has 0 amide bonds. The Labute approximate surface area is 157 Å². The third kappa shape index (κ3) is 5.27. The summed E-state index contributed by atoms with van der Waals surface area (Å²) in [7, 11) is 3.47. The maximum Gasteiger partial charge on any atom is 0.191 e. The third-order valence-corrected chi connectivity index (χ3v) is 5.12. The normalized spacial score (nSPS) is 22.1. The molecule has 144 valence electrons. The number of aliphatic imine (C=N–C) groups is 1. The summed E-state index contributed by atoms with van der Waals surface area (Å²) >= 11 is 0. The first-order chi connectivity index (χ1) is 12.7. The monoisotopic (exact) mass is 360 g/mol. The first-order valence-corrected chi connectivity index (χ1v) is 9.67. The van der Waals surface area contributed by atoms with Gasteiger partial charge in [-0.05, 0) is 50.8 Å². The molecule has 1 saturated carbocycles. The van der Waals surface area contributed by atoms with E-state index in [9.17, 15) is 0 Å². The van der Waals surface area contributed by atoms with Crippen molar-refractivity contribution in [2.45, 2.75) is 38.3 Å². The SMILES string of the molecule is CN=C(NCC1CCN(C2CC2)C1)NCC(C)Oc1ccccc1OC. The molecule has 2 fully saturated rings. The molecule has 0 spiro atoms. The van der Waals surface area contributed by atoms with Crippen LogP contribution in [-0.4, -0.2) is 63.3 Å². The fourth-order valence-electron chi connectivity index (χ4n) is 3.48. The summed E-state index contributed by atoms with van der Waals surface area (Å²) in [6.45, 7) is 6.17. The van der Waals surface area contributed by atoms with Gasteiger partial charge in [0.2, 0.25) is 0 Å². The molecule has 2 N–H and O–H groups in total. The fraction of sp³-hybridized carbons (Fsp3) is 0.650. The number of likely N-dealkylation sites (tertiary alicyclic amines) is 1. The molecule has 2 atom stereocenters. The molecule has 1 aliphatic carbocycles. The van der Waals surface area contributed by atoms with Gasteiger partial charge in [0, 0.05) is 26.2 Å². The Balaban J connectivity index is 1.38. The summed E-state index contributed by atoms with van der Waals surface area (Å²) < 4.78 is 11.3. The van der Waals surface area contributed by atoms with Gasteiger partial charge < -0.3 is 25.0 Å². The summed E-state index contributed by atoms with van der Waals surface area (Å²) in [6.07, 6.45) is 4.08. The molecule has 0 bridgehead atoms. The molecule has 0 aromatic heterocycles. The number of hydrogen-bond acceptors (Lipinski definition) is 4. The van der Waals surface area contributed by atoms with Crippen LogP contribution in [0.4, 0.5) is 0 Å². The van der Waals surface area contributed by atoms with E-state index in [2.05, 4.69) is 20.5 Å². The van der Waals surface area contributed by atoms with Crippen LogP contribution in [0, 0.1) is 5.92 Å². The van der Waals surface area contributed by atoms with E-state index in [-0.39, 0.29) is 6.10 Å². The van der Waals surface area contributed by atoms with E-state index in [1.807, 2.05) is 38.2 Å². The number of ether oxygens (including phenoxy) is 2. The van der Waals surface area contributed by atoms with E-state index in [0.717, 1.165) is 36.0 Å². The van der Waals surface area contributed by atoms with Crippen molar-refractivity contribution >= 4 is 5.96 Å². The lowest BCUT2D eigenvalue weighted by atomic mass is 10.1. The minimum Gasteiger partial charge on any atom is -0.493 e. The predicted molar refractivity (Wildman–Crippen MR) is 105 cm³/mol. The lowest BCUT2D eigenvalue weighted by molar-refractivity contribution is 0.213. The van der Waals surface area contributed by atoms with E-state index in [0.29, 0.717) is 6.54 Å². The van der Waals surface area contributed by atoms with Crippen LogP contribution in [0.1, 0.15) is 26.2 Å². The Hall–Kier alpha value is -1.95. The predicted octanol–water partition coefficient (Wildman–Crippen LogP) is 2.11. The molecule has 1 heterocycles. The minimum atomic E-state index is 0.00156. The molecule has 26 heavy (non-hydrogen) atoms. The van der Waals surface area contributed by atoms with Crippen LogP contribution in [0.25, 0.3) is 0 Å². The third-order valence-electron chi connectivity index (χ3n) is 5.12. The van der Waals surface area contributed by atoms with Gasteiger partial charge in [0.15, 0.2) is 17.5 Å². The Morgan fingerprint density at radius 3 is 2.69 bits per heavy atom. The molecule has 1 saturated heterocycles. The molecule has 2 aliphatic rings. The van der Waals surface area contributed by atoms with Crippen molar-refractivity contribution in [1.29, 1.82) is 0 Å². The van der Waals surface area contributed by atoms with Gasteiger partial charge in [0.1, 0.15) is 6.10 Å². The number of rotatable bonds is 8. The van der Waals surface area contributed by atoms with E-state index in [1.54, 1.807) is 7.11 Å². The Kier molecular flexibility index (Phi) is 6.61. The summed E-state index contributed by atoms with van der Waals surface area (Å²) in [5.41, 5.74) is 0. The number of hydrogen-bond donors (Lipinski definition) is 2. The van der Waals surface area contributed by atoms with Gasteiger partial charge >= 0.3 is 0 Å². The maximum atomic E-state index is 5.98. The van der Waals surface area contributed by atoms with Crippen LogP contribution in [-0.2, 0) is 0 Å². The lowest BCUT2D eigenvalue weighted by Crippen LogP contribution is -2.43. The molecule has 1 aliphatic heterocycles. The zero-order valence-electron chi connectivity index (χ0n) is 16.2. The van der Waals surface area contributed by atoms with Crippen LogP contribution in [0.3, 0.4) is 0 Å². The van der Waals surface area contributed by atoms with E-state index < -0.39 is 0 Å². The van der Waals surface area contributed by atoms with E-state index in [4.69, 9.17) is 9.47 Å². The average molecular weight is 361 g/mol. The minimum absolute atomic E-state index is 0.00156. The first kappa shape index (κ1) is 18.8.